The Morgan fingerprint density at radius 3 is 2.81 bits per heavy atom. The first-order valence-electron chi connectivity index (χ1n) is 6.56. The van der Waals surface area contributed by atoms with E-state index in [1.807, 2.05) is 31.2 Å². The van der Waals surface area contributed by atoms with Crippen LogP contribution in [0.3, 0.4) is 0 Å². The summed E-state index contributed by atoms with van der Waals surface area (Å²) in [5, 5.41) is 12.2. The number of esters is 1. The molecule has 1 N–H and O–H groups in total. The summed E-state index contributed by atoms with van der Waals surface area (Å²) in [5.41, 5.74) is 4.07. The number of hydrogen-bond acceptors (Lipinski definition) is 4. The third kappa shape index (κ3) is 3.61. The van der Waals surface area contributed by atoms with Crippen molar-refractivity contribution in [2.45, 2.75) is 13.5 Å². The summed E-state index contributed by atoms with van der Waals surface area (Å²) in [5.74, 6) is -0.357. The number of nitriles is 1. The minimum absolute atomic E-state index is 0.357. The van der Waals surface area contributed by atoms with Gasteiger partial charge in [-0.25, -0.2) is 4.79 Å². The zero-order valence-corrected chi connectivity index (χ0v) is 12.0. The maximum Gasteiger partial charge on any atom is 0.337 e. The van der Waals surface area contributed by atoms with Crippen LogP contribution in [0.2, 0.25) is 0 Å². The third-order valence-electron chi connectivity index (χ3n) is 3.20. The Kier molecular flexibility index (Phi) is 4.57. The molecule has 0 aliphatic heterocycles. The molecule has 0 bridgehead atoms. The number of methoxy groups -OCH3 is 1. The summed E-state index contributed by atoms with van der Waals surface area (Å²) in [6, 6.07) is 14.9. The van der Waals surface area contributed by atoms with E-state index in [4.69, 9.17) is 10.00 Å². The van der Waals surface area contributed by atoms with Gasteiger partial charge in [0.25, 0.3) is 0 Å². The molecule has 0 saturated heterocycles. The van der Waals surface area contributed by atoms with E-state index in [-0.39, 0.29) is 5.97 Å². The van der Waals surface area contributed by atoms with Crippen molar-refractivity contribution in [1.82, 2.24) is 0 Å². The number of carbonyl (C=O) groups excluding carboxylic acids is 1. The van der Waals surface area contributed by atoms with Gasteiger partial charge in [0, 0.05) is 12.2 Å². The van der Waals surface area contributed by atoms with E-state index in [1.165, 1.54) is 7.11 Å². The van der Waals surface area contributed by atoms with Crippen LogP contribution in [0, 0.1) is 18.3 Å². The molecule has 21 heavy (non-hydrogen) atoms. The van der Waals surface area contributed by atoms with Crippen LogP contribution in [0.4, 0.5) is 5.69 Å². The zero-order chi connectivity index (χ0) is 15.2. The van der Waals surface area contributed by atoms with E-state index in [2.05, 4.69) is 11.4 Å². The normalized spacial score (nSPS) is 9.76. The van der Waals surface area contributed by atoms with Crippen LogP contribution in [-0.2, 0) is 11.3 Å². The quantitative estimate of drug-likeness (QED) is 0.873. The van der Waals surface area contributed by atoms with Crippen LogP contribution in [0.1, 0.15) is 27.0 Å². The van der Waals surface area contributed by atoms with Gasteiger partial charge in [-0.2, -0.15) is 5.26 Å². The fourth-order valence-corrected chi connectivity index (χ4v) is 2.01. The fraction of sp³-hybridized carbons (Fsp3) is 0.176. The van der Waals surface area contributed by atoms with Crippen LogP contribution >= 0.6 is 0 Å². The minimum Gasteiger partial charge on any atom is -0.465 e. The standard InChI is InChI=1S/C17H16N2O2/c1-12-6-7-15(17(20)21-2)9-16(12)19-11-14-5-3-4-13(8-14)10-18/h3-9,19H,11H2,1-2H3. The molecular weight excluding hydrogens is 264 g/mol. The van der Waals surface area contributed by atoms with Crippen LogP contribution in [0.15, 0.2) is 42.5 Å². The summed E-state index contributed by atoms with van der Waals surface area (Å²) in [7, 11) is 1.36. The van der Waals surface area contributed by atoms with Crippen molar-refractivity contribution in [2.75, 3.05) is 12.4 Å². The maximum atomic E-state index is 11.5. The molecule has 0 saturated carbocycles. The molecule has 0 atom stereocenters. The molecule has 2 aromatic rings. The highest BCUT2D eigenvalue weighted by atomic mass is 16.5. The second kappa shape index (κ2) is 6.58. The average molecular weight is 280 g/mol. The lowest BCUT2D eigenvalue weighted by Crippen LogP contribution is -2.05. The molecule has 2 aromatic carbocycles. The van der Waals surface area contributed by atoms with Crippen LogP contribution in [0.5, 0.6) is 0 Å². The minimum atomic E-state index is -0.357. The van der Waals surface area contributed by atoms with Crippen molar-refractivity contribution in [3.05, 3.63) is 64.7 Å². The second-order valence-electron chi connectivity index (χ2n) is 4.69. The highest BCUT2D eigenvalue weighted by molar-refractivity contribution is 5.90. The van der Waals surface area contributed by atoms with Gasteiger partial charge in [-0.1, -0.05) is 18.2 Å². The van der Waals surface area contributed by atoms with Gasteiger partial charge in [-0.15, -0.1) is 0 Å². The van der Waals surface area contributed by atoms with Crippen molar-refractivity contribution >= 4 is 11.7 Å². The van der Waals surface area contributed by atoms with Gasteiger partial charge >= 0.3 is 5.97 Å². The first kappa shape index (κ1) is 14.6. The molecular formula is C17H16N2O2. The molecule has 4 heteroatoms. The van der Waals surface area contributed by atoms with Gasteiger partial charge in [0.15, 0.2) is 0 Å². The Morgan fingerprint density at radius 1 is 1.29 bits per heavy atom. The summed E-state index contributed by atoms with van der Waals surface area (Å²) < 4.78 is 4.72. The number of rotatable bonds is 4. The lowest BCUT2D eigenvalue weighted by atomic mass is 10.1. The molecule has 0 radical (unpaired) electrons. The number of ether oxygens (including phenoxy) is 1. The van der Waals surface area contributed by atoms with Gasteiger partial charge in [-0.05, 0) is 42.3 Å². The van der Waals surface area contributed by atoms with E-state index in [1.54, 1.807) is 18.2 Å². The number of nitrogens with zero attached hydrogens (tertiary/aromatic N) is 1. The van der Waals surface area contributed by atoms with Gasteiger partial charge in [0.1, 0.15) is 0 Å². The molecule has 0 unspecified atom stereocenters. The molecule has 0 heterocycles. The molecule has 0 aliphatic rings. The Morgan fingerprint density at radius 2 is 2.10 bits per heavy atom. The summed E-state index contributed by atoms with van der Waals surface area (Å²) >= 11 is 0. The van der Waals surface area contributed by atoms with Gasteiger partial charge < -0.3 is 10.1 Å². The lowest BCUT2D eigenvalue weighted by molar-refractivity contribution is 0.0601. The smallest absolute Gasteiger partial charge is 0.337 e. The molecule has 2 rings (SSSR count). The molecule has 106 valence electrons. The predicted octanol–water partition coefficient (Wildman–Crippen LogP) is 3.27. The molecule has 0 aromatic heterocycles. The highest BCUT2D eigenvalue weighted by Crippen LogP contribution is 2.18. The van der Waals surface area contributed by atoms with Gasteiger partial charge in [-0.3, -0.25) is 0 Å². The number of carbonyl (C=O) groups is 1. The number of aryl methyl sites for hydroxylation is 1. The number of hydrogen-bond donors (Lipinski definition) is 1. The largest absolute Gasteiger partial charge is 0.465 e. The molecule has 0 amide bonds. The highest BCUT2D eigenvalue weighted by Gasteiger charge is 2.07. The fourth-order valence-electron chi connectivity index (χ4n) is 2.01. The van der Waals surface area contributed by atoms with Gasteiger partial charge in [0.2, 0.25) is 0 Å². The van der Waals surface area contributed by atoms with E-state index < -0.39 is 0 Å². The van der Waals surface area contributed by atoms with E-state index in [9.17, 15) is 4.79 Å². The summed E-state index contributed by atoms with van der Waals surface area (Å²) in [6.07, 6.45) is 0. The summed E-state index contributed by atoms with van der Waals surface area (Å²) in [6.45, 7) is 2.55. The predicted molar refractivity (Wildman–Crippen MR) is 81.0 cm³/mol. The van der Waals surface area contributed by atoms with Crippen LogP contribution < -0.4 is 5.32 Å². The molecule has 0 fully saturated rings. The maximum absolute atomic E-state index is 11.5. The van der Waals surface area contributed by atoms with Crippen molar-refractivity contribution in [3.8, 4) is 6.07 Å². The zero-order valence-electron chi connectivity index (χ0n) is 12.0. The van der Waals surface area contributed by atoms with E-state index in [0.29, 0.717) is 17.7 Å². The van der Waals surface area contributed by atoms with Crippen LogP contribution in [0.25, 0.3) is 0 Å². The van der Waals surface area contributed by atoms with Crippen LogP contribution in [-0.4, -0.2) is 13.1 Å². The number of anilines is 1. The van der Waals surface area contributed by atoms with Crippen molar-refractivity contribution in [1.29, 1.82) is 5.26 Å². The Balaban J connectivity index is 2.15. The topological polar surface area (TPSA) is 62.1 Å². The molecule has 0 aliphatic carbocycles. The van der Waals surface area contributed by atoms with Crippen molar-refractivity contribution in [2.24, 2.45) is 0 Å². The van der Waals surface area contributed by atoms with E-state index in [0.717, 1.165) is 16.8 Å². The van der Waals surface area contributed by atoms with E-state index >= 15 is 0 Å². The monoisotopic (exact) mass is 280 g/mol. The third-order valence-corrected chi connectivity index (χ3v) is 3.20. The Bertz CT molecular complexity index is 702. The van der Waals surface area contributed by atoms with Crippen molar-refractivity contribution in [3.63, 3.8) is 0 Å². The number of benzene rings is 2. The Hall–Kier alpha value is -2.80. The van der Waals surface area contributed by atoms with Crippen molar-refractivity contribution < 1.29 is 9.53 Å². The molecule has 4 nitrogen and oxygen atoms in total. The SMILES string of the molecule is COC(=O)c1ccc(C)c(NCc2cccc(C#N)c2)c1. The average Bonchev–Trinajstić information content (AvgIpc) is 2.53. The second-order valence-corrected chi connectivity index (χ2v) is 4.69. The first-order chi connectivity index (χ1) is 10.1. The van der Waals surface area contributed by atoms with Gasteiger partial charge in [0.05, 0.1) is 24.3 Å². The summed E-state index contributed by atoms with van der Waals surface area (Å²) in [4.78, 5) is 11.5. The first-order valence-corrected chi connectivity index (χ1v) is 6.56. The number of nitrogens with one attached hydrogen (secondary N) is 1. The Labute approximate surface area is 124 Å². The molecule has 0 spiro atoms. The lowest BCUT2D eigenvalue weighted by Gasteiger charge is -2.11.